The zero-order valence-electron chi connectivity index (χ0n) is 37.3. The average molecular weight is 1010 g/mol. The number of halogens is 2. The van der Waals surface area contributed by atoms with E-state index in [4.69, 9.17) is 17.2 Å². The molecule has 0 spiro atoms. The van der Waals surface area contributed by atoms with Crippen molar-refractivity contribution in [3.05, 3.63) is 129 Å². The summed E-state index contributed by atoms with van der Waals surface area (Å²) in [5.74, 6) is 0.631. The Morgan fingerprint density at radius 3 is 1.33 bits per heavy atom. The molecule has 6 rings (SSSR count). The van der Waals surface area contributed by atoms with E-state index in [-0.39, 0.29) is 32.0 Å². The van der Waals surface area contributed by atoms with Crippen LogP contribution in [0.1, 0.15) is 147 Å². The molecule has 2 aliphatic carbocycles. The summed E-state index contributed by atoms with van der Waals surface area (Å²) in [5.41, 5.74) is 14.4. The van der Waals surface area contributed by atoms with Gasteiger partial charge in [0.05, 0.1) is 0 Å². The van der Waals surface area contributed by atoms with Crippen LogP contribution in [0.2, 0.25) is 0 Å². The third-order valence-corrected chi connectivity index (χ3v) is 41.3. The van der Waals surface area contributed by atoms with Crippen LogP contribution in [0.3, 0.4) is 0 Å². The summed E-state index contributed by atoms with van der Waals surface area (Å²) in [4.78, 5) is 27.7. The van der Waals surface area contributed by atoms with Crippen molar-refractivity contribution in [2.75, 3.05) is 0 Å². The van der Waals surface area contributed by atoms with Gasteiger partial charge in [0.15, 0.2) is 0 Å². The molecule has 0 aromatic heterocycles. The number of hydrogen-bond acceptors (Lipinski definition) is 2. The van der Waals surface area contributed by atoms with Gasteiger partial charge in [0.2, 0.25) is 0 Å². The Bertz CT molecular complexity index is 2110. The topological polar surface area (TPSA) is 58.2 Å². The molecule has 4 nitrogen and oxygen atoms in total. The SMILES string of the molecule is CCCCC1=Cc2c(-c3ccccc3CC(C)C)cccc2[CH]1[Hf]([Cl])([Cl])([B](NC(=O)CC)NC(=O)CC)[CH]1C(CCCC)=Cc2c(-c3ccccc3CC(C)C)cccc21. The van der Waals surface area contributed by atoms with Crippen LogP contribution in [0.4, 0.5) is 0 Å². The fourth-order valence-corrected chi connectivity index (χ4v) is 39.8. The van der Waals surface area contributed by atoms with Gasteiger partial charge in [0.25, 0.3) is 0 Å². The van der Waals surface area contributed by atoms with Gasteiger partial charge in [-0.2, -0.15) is 0 Å². The minimum absolute atomic E-state index is 0.178. The molecule has 2 amide bonds. The van der Waals surface area contributed by atoms with Crippen LogP contribution in [0, 0.1) is 11.8 Å². The Hall–Kier alpha value is -3.18. The second-order valence-corrected chi connectivity index (χ2v) is 48.6. The van der Waals surface area contributed by atoms with Crippen LogP contribution in [-0.2, 0) is 38.3 Å². The van der Waals surface area contributed by atoms with Gasteiger partial charge in [-0.3, -0.25) is 0 Å². The molecule has 0 fully saturated rings. The molecular weight excluding hydrogens is 945 g/mol. The zero-order valence-corrected chi connectivity index (χ0v) is 42.4. The first-order valence-corrected chi connectivity index (χ1v) is 37.9. The van der Waals surface area contributed by atoms with Crippen molar-refractivity contribution in [3.63, 3.8) is 0 Å². The van der Waals surface area contributed by atoms with Crippen molar-refractivity contribution in [3.8, 4) is 22.3 Å². The fraction of sp³-hybridized carbons (Fsp3) is 0.423. The number of fused-ring (bicyclic) bond motifs is 2. The Kier molecular flexibility index (Phi) is 15.4. The number of carbonyl (C=O) groups excluding carboxylic acids is 2. The van der Waals surface area contributed by atoms with Gasteiger partial charge in [-0.15, -0.1) is 0 Å². The van der Waals surface area contributed by atoms with E-state index in [1.165, 1.54) is 44.5 Å². The molecule has 2 unspecified atom stereocenters. The summed E-state index contributed by atoms with van der Waals surface area (Å²) >= 11 is -6.22. The van der Waals surface area contributed by atoms with E-state index >= 15 is 0 Å². The number of unbranched alkanes of at least 4 members (excludes halogenated alkanes) is 2. The first kappa shape index (κ1) is 46.3. The van der Waals surface area contributed by atoms with Crippen molar-refractivity contribution in [1.29, 1.82) is 0 Å². The van der Waals surface area contributed by atoms with Crippen LogP contribution in [0.25, 0.3) is 34.4 Å². The summed E-state index contributed by atoms with van der Waals surface area (Å²) in [5, 5.41) is 6.69. The van der Waals surface area contributed by atoms with Gasteiger partial charge in [0.1, 0.15) is 0 Å². The summed E-state index contributed by atoms with van der Waals surface area (Å²) in [7, 11) is 18.1. The summed E-state index contributed by atoms with van der Waals surface area (Å²) in [6.07, 6.45) is 12.8. The Morgan fingerprint density at radius 1 is 0.583 bits per heavy atom. The van der Waals surface area contributed by atoms with E-state index < -0.39 is 20.5 Å². The number of hydrogen-bond donors (Lipinski definition) is 2. The Balaban J connectivity index is 1.70. The van der Waals surface area contributed by atoms with Crippen molar-refractivity contribution in [2.24, 2.45) is 11.8 Å². The number of nitrogens with one attached hydrogen (secondary N) is 2. The van der Waals surface area contributed by atoms with Crippen LogP contribution in [0.15, 0.2) is 96.1 Å². The first-order chi connectivity index (χ1) is 28.8. The molecule has 0 bridgehead atoms. The van der Waals surface area contributed by atoms with Gasteiger partial charge >= 0.3 is 372 Å². The van der Waals surface area contributed by atoms with Gasteiger partial charge in [-0.05, 0) is 0 Å². The second kappa shape index (κ2) is 19.9. The quantitative estimate of drug-likeness (QED) is 0.0920. The zero-order chi connectivity index (χ0) is 43.2. The van der Waals surface area contributed by atoms with Gasteiger partial charge in [0, 0.05) is 0 Å². The molecular formula is C52H66BCl2HfN2O2. The summed E-state index contributed by atoms with van der Waals surface area (Å²) in [6, 6.07) is 30.8. The average Bonchev–Trinajstić information content (AvgIpc) is 3.82. The maximum absolute atomic E-state index is 13.9. The molecule has 4 aromatic carbocycles. The number of amides is 2. The molecule has 2 aliphatic rings. The number of carbonyl (C=O) groups is 2. The molecule has 60 heavy (non-hydrogen) atoms. The normalized spacial score (nSPS) is 16.5. The molecule has 317 valence electrons. The molecule has 2 atom stereocenters. The van der Waals surface area contributed by atoms with Crippen molar-refractivity contribution in [1.82, 2.24) is 10.5 Å². The molecule has 0 aliphatic heterocycles. The number of benzene rings is 4. The molecule has 0 radical (unpaired) electrons. The van der Waals surface area contributed by atoms with Crippen molar-refractivity contribution >= 4 is 45.7 Å². The van der Waals surface area contributed by atoms with Gasteiger partial charge in [-0.1, -0.05) is 0 Å². The van der Waals surface area contributed by atoms with Crippen molar-refractivity contribution < 1.29 is 25.5 Å². The molecule has 0 saturated carbocycles. The maximum atomic E-state index is 13.9. The monoisotopic (exact) mass is 1010 g/mol. The van der Waals surface area contributed by atoms with Crippen LogP contribution in [-0.4, -0.2) is 16.4 Å². The molecule has 0 heterocycles. The fourth-order valence-electron chi connectivity index (χ4n) is 10.0. The second-order valence-electron chi connectivity index (χ2n) is 18.1. The molecule has 4 aromatic rings. The molecule has 2 N–H and O–H groups in total. The van der Waals surface area contributed by atoms with Crippen LogP contribution in [0.5, 0.6) is 0 Å². The van der Waals surface area contributed by atoms with E-state index in [9.17, 15) is 9.59 Å². The molecule has 8 heteroatoms. The summed E-state index contributed by atoms with van der Waals surface area (Å²) in [6.45, 7) is 17.2. The van der Waals surface area contributed by atoms with Crippen molar-refractivity contribution in [2.45, 2.75) is 127 Å². The Morgan fingerprint density at radius 2 is 0.967 bits per heavy atom. The van der Waals surface area contributed by atoms with E-state index in [0.717, 1.165) is 73.6 Å². The third kappa shape index (κ3) is 9.28. The predicted octanol–water partition coefficient (Wildman–Crippen LogP) is 14.4. The van der Waals surface area contributed by atoms with E-state index in [1.807, 2.05) is 13.8 Å². The van der Waals surface area contributed by atoms with E-state index in [2.05, 4.69) is 149 Å². The minimum atomic E-state index is -6.22. The van der Waals surface area contributed by atoms with E-state index in [0.29, 0.717) is 11.8 Å². The van der Waals surface area contributed by atoms with Gasteiger partial charge < -0.3 is 0 Å². The summed E-state index contributed by atoms with van der Waals surface area (Å²) < 4.78 is -1.68. The molecule has 0 saturated heterocycles. The third-order valence-electron chi connectivity index (χ3n) is 12.7. The predicted molar refractivity (Wildman–Crippen MR) is 256 cm³/mol. The Labute approximate surface area is 369 Å². The number of rotatable bonds is 19. The first-order valence-electron chi connectivity index (χ1n) is 22.8. The van der Waals surface area contributed by atoms with Crippen LogP contribution < -0.4 is 10.5 Å². The standard InChI is InChI=1S/2C23H27.C6H11BN2O2.2ClH.Hf/c2*1-4-5-9-18-15-20-11-8-13-22(23(20)16-18)21-12-7-6-10-19(21)14-17(2)3;1-3-5(10)8-7-9-6(11)4-2;;;/h2*6-8,10-13,15-17H,4-5,9,14H2,1-3H3;3-4H2,1-2H3,(H-,8,9,10,11);2*1H;/q;;;;;+1/p-1. The van der Waals surface area contributed by atoms with Gasteiger partial charge in [-0.25, -0.2) is 0 Å². The number of allylic oxidation sites excluding steroid dienone is 2. The van der Waals surface area contributed by atoms with E-state index in [1.54, 1.807) is 0 Å². The van der Waals surface area contributed by atoms with Crippen LogP contribution >= 0.6 is 17.2 Å².